The minimum atomic E-state index is -0.426. The lowest BCUT2D eigenvalue weighted by molar-refractivity contribution is 0.0905. The van der Waals surface area contributed by atoms with Gasteiger partial charge in [-0.2, -0.15) is 0 Å². The Morgan fingerprint density at radius 1 is 1.10 bits per heavy atom. The van der Waals surface area contributed by atoms with Crippen molar-refractivity contribution in [3.63, 3.8) is 0 Å². The van der Waals surface area contributed by atoms with Gasteiger partial charge in [0.1, 0.15) is 11.3 Å². The van der Waals surface area contributed by atoms with E-state index in [0.717, 1.165) is 16.7 Å². The van der Waals surface area contributed by atoms with E-state index in [1.54, 1.807) is 7.11 Å². The van der Waals surface area contributed by atoms with Crippen molar-refractivity contribution in [2.24, 2.45) is 0 Å². The quantitative estimate of drug-likeness (QED) is 0.405. The van der Waals surface area contributed by atoms with Gasteiger partial charge in [-0.25, -0.2) is 0 Å². The average Bonchev–Trinajstić information content (AvgIpc) is 3.13. The lowest BCUT2D eigenvalue weighted by Gasteiger charge is -2.12. The molecule has 0 spiro atoms. The van der Waals surface area contributed by atoms with Gasteiger partial charge in [-0.3, -0.25) is 15.6 Å². The second-order valence-electron chi connectivity index (χ2n) is 6.15. The summed E-state index contributed by atoms with van der Waals surface area (Å²) in [6.45, 7) is 3.23. The molecule has 29 heavy (non-hydrogen) atoms. The lowest BCUT2D eigenvalue weighted by atomic mass is 10.1. The summed E-state index contributed by atoms with van der Waals surface area (Å²) < 4.78 is 16.4. The standard InChI is InChI=1S/C21H23N3O4S/c1-3-27-13-17-16-6-4-5-7-18(16)28-19(17)20(25)23-24-21(29)22-12-14-8-10-15(26-2)11-9-14/h4-11H,3,12-13H2,1-2H3,(H,23,25)(H2,22,24,29). The Kier molecular flexibility index (Phi) is 7.04. The molecule has 0 aliphatic carbocycles. The molecule has 152 valence electrons. The largest absolute Gasteiger partial charge is 0.497 e. The third-order valence-electron chi connectivity index (χ3n) is 4.26. The number of hydrogen-bond donors (Lipinski definition) is 3. The molecule has 3 aromatic rings. The maximum Gasteiger partial charge on any atom is 0.305 e. The van der Waals surface area contributed by atoms with Crippen molar-refractivity contribution < 1.29 is 18.7 Å². The number of ether oxygens (including phenoxy) is 2. The molecule has 1 heterocycles. The van der Waals surface area contributed by atoms with Crippen LogP contribution in [0.15, 0.2) is 52.9 Å². The summed E-state index contributed by atoms with van der Waals surface area (Å²) in [5.41, 5.74) is 7.63. The number of furan rings is 1. The van der Waals surface area contributed by atoms with Gasteiger partial charge in [-0.15, -0.1) is 0 Å². The van der Waals surface area contributed by atoms with Crippen molar-refractivity contribution in [3.8, 4) is 5.75 Å². The SMILES string of the molecule is CCOCc1c(C(=O)NNC(=S)NCc2ccc(OC)cc2)oc2ccccc12. The molecule has 1 aromatic heterocycles. The van der Waals surface area contributed by atoms with E-state index in [2.05, 4.69) is 16.2 Å². The molecular formula is C21H23N3O4S. The van der Waals surface area contributed by atoms with Crippen molar-refractivity contribution in [2.45, 2.75) is 20.1 Å². The van der Waals surface area contributed by atoms with Crippen molar-refractivity contribution in [1.29, 1.82) is 0 Å². The monoisotopic (exact) mass is 413 g/mol. The van der Waals surface area contributed by atoms with E-state index in [1.807, 2.05) is 55.5 Å². The van der Waals surface area contributed by atoms with Crippen LogP contribution in [0.2, 0.25) is 0 Å². The smallest absolute Gasteiger partial charge is 0.305 e. The van der Waals surface area contributed by atoms with Crippen LogP contribution in [0.25, 0.3) is 11.0 Å². The number of fused-ring (bicyclic) bond motifs is 1. The van der Waals surface area contributed by atoms with Gasteiger partial charge in [-0.05, 0) is 42.9 Å². The predicted octanol–water partition coefficient (Wildman–Crippen LogP) is 3.29. The van der Waals surface area contributed by atoms with Crippen LogP contribution in [-0.2, 0) is 17.9 Å². The van der Waals surface area contributed by atoms with Crippen molar-refractivity contribution in [1.82, 2.24) is 16.2 Å². The maximum atomic E-state index is 12.6. The molecule has 3 N–H and O–H groups in total. The van der Waals surface area contributed by atoms with Crippen LogP contribution in [0.5, 0.6) is 5.75 Å². The zero-order valence-electron chi connectivity index (χ0n) is 16.3. The summed E-state index contributed by atoms with van der Waals surface area (Å²) in [5, 5.41) is 4.17. The number of thiocarbonyl (C=S) groups is 1. The highest BCUT2D eigenvalue weighted by Crippen LogP contribution is 2.26. The number of hydrogen-bond acceptors (Lipinski definition) is 5. The van der Waals surface area contributed by atoms with E-state index >= 15 is 0 Å². The number of amides is 1. The molecule has 0 fully saturated rings. The molecule has 0 saturated heterocycles. The zero-order valence-corrected chi connectivity index (χ0v) is 17.1. The van der Waals surface area contributed by atoms with Crippen LogP contribution in [0.4, 0.5) is 0 Å². The van der Waals surface area contributed by atoms with Gasteiger partial charge >= 0.3 is 5.91 Å². The Labute approximate surface area is 174 Å². The van der Waals surface area contributed by atoms with Crippen LogP contribution < -0.4 is 20.9 Å². The molecule has 0 bridgehead atoms. The summed E-state index contributed by atoms with van der Waals surface area (Å²) in [6, 6.07) is 15.1. The Balaban J connectivity index is 1.59. The predicted molar refractivity (Wildman–Crippen MR) is 115 cm³/mol. The molecule has 3 rings (SSSR count). The van der Waals surface area contributed by atoms with E-state index in [4.69, 9.17) is 26.1 Å². The van der Waals surface area contributed by atoms with E-state index < -0.39 is 5.91 Å². The van der Waals surface area contributed by atoms with Gasteiger partial charge in [0.25, 0.3) is 0 Å². The van der Waals surface area contributed by atoms with Gasteiger partial charge in [0, 0.05) is 24.1 Å². The highest BCUT2D eigenvalue weighted by Gasteiger charge is 2.20. The minimum Gasteiger partial charge on any atom is -0.497 e. The number of nitrogens with one attached hydrogen (secondary N) is 3. The summed E-state index contributed by atoms with van der Waals surface area (Å²) in [4.78, 5) is 12.6. The summed E-state index contributed by atoms with van der Waals surface area (Å²) in [6.07, 6.45) is 0. The number of rotatable bonds is 7. The lowest BCUT2D eigenvalue weighted by Crippen LogP contribution is -2.46. The fourth-order valence-electron chi connectivity index (χ4n) is 2.77. The third kappa shape index (κ3) is 5.24. The third-order valence-corrected chi connectivity index (χ3v) is 4.50. The minimum absolute atomic E-state index is 0.199. The number of methoxy groups -OCH3 is 1. The number of para-hydroxylation sites is 1. The van der Waals surface area contributed by atoms with E-state index in [1.165, 1.54) is 0 Å². The molecule has 0 radical (unpaired) electrons. The van der Waals surface area contributed by atoms with Gasteiger partial charge in [-0.1, -0.05) is 30.3 Å². The molecule has 2 aromatic carbocycles. The van der Waals surface area contributed by atoms with Gasteiger partial charge in [0.05, 0.1) is 13.7 Å². The molecular weight excluding hydrogens is 390 g/mol. The fraction of sp³-hybridized carbons (Fsp3) is 0.238. The first-order valence-electron chi connectivity index (χ1n) is 9.17. The Bertz CT molecular complexity index is 985. The number of hydrazine groups is 1. The van der Waals surface area contributed by atoms with Crippen LogP contribution in [-0.4, -0.2) is 24.7 Å². The van der Waals surface area contributed by atoms with Crippen molar-refractivity contribution in [2.75, 3.05) is 13.7 Å². The van der Waals surface area contributed by atoms with Crippen LogP contribution in [0, 0.1) is 0 Å². The second kappa shape index (κ2) is 9.90. The average molecular weight is 413 g/mol. The topological polar surface area (TPSA) is 84.8 Å². The molecule has 0 saturated carbocycles. The van der Waals surface area contributed by atoms with E-state index in [0.29, 0.717) is 24.3 Å². The molecule has 0 atom stereocenters. The summed E-state index contributed by atoms with van der Waals surface area (Å²) in [7, 11) is 1.62. The summed E-state index contributed by atoms with van der Waals surface area (Å²) >= 11 is 5.22. The molecule has 1 amide bonds. The van der Waals surface area contributed by atoms with Crippen LogP contribution in [0.3, 0.4) is 0 Å². The van der Waals surface area contributed by atoms with Crippen molar-refractivity contribution in [3.05, 3.63) is 65.4 Å². The maximum absolute atomic E-state index is 12.6. The first-order valence-corrected chi connectivity index (χ1v) is 9.58. The summed E-state index contributed by atoms with van der Waals surface area (Å²) in [5.74, 6) is 0.560. The first-order chi connectivity index (χ1) is 14.1. The number of carbonyl (C=O) groups is 1. The van der Waals surface area contributed by atoms with E-state index in [-0.39, 0.29) is 17.5 Å². The highest BCUT2D eigenvalue weighted by atomic mass is 32.1. The van der Waals surface area contributed by atoms with Crippen LogP contribution >= 0.6 is 12.2 Å². The number of carbonyl (C=O) groups excluding carboxylic acids is 1. The molecule has 0 unspecified atom stereocenters. The molecule has 0 aliphatic rings. The molecule has 8 heteroatoms. The van der Waals surface area contributed by atoms with E-state index in [9.17, 15) is 4.79 Å². The Morgan fingerprint density at radius 3 is 2.59 bits per heavy atom. The van der Waals surface area contributed by atoms with Crippen molar-refractivity contribution >= 4 is 34.2 Å². The van der Waals surface area contributed by atoms with Gasteiger partial charge in [0.2, 0.25) is 0 Å². The number of benzene rings is 2. The molecule has 7 nitrogen and oxygen atoms in total. The van der Waals surface area contributed by atoms with Crippen LogP contribution in [0.1, 0.15) is 28.6 Å². The Morgan fingerprint density at radius 2 is 1.86 bits per heavy atom. The highest BCUT2D eigenvalue weighted by molar-refractivity contribution is 7.80. The first kappa shape index (κ1) is 20.6. The van der Waals surface area contributed by atoms with Gasteiger partial charge in [0.15, 0.2) is 10.9 Å². The Hall–Kier alpha value is -3.10. The fourth-order valence-corrected chi connectivity index (χ4v) is 2.89. The normalized spacial score (nSPS) is 10.6. The van der Waals surface area contributed by atoms with Gasteiger partial charge < -0.3 is 19.2 Å². The zero-order chi connectivity index (χ0) is 20.6. The molecule has 0 aliphatic heterocycles. The second-order valence-corrected chi connectivity index (χ2v) is 6.56.